The predicted octanol–water partition coefficient (Wildman–Crippen LogP) is 5.06. The van der Waals surface area contributed by atoms with Crippen LogP contribution in [0.5, 0.6) is 0 Å². The third-order valence-electron chi connectivity index (χ3n) is 6.65. The molecule has 7 nitrogen and oxygen atoms in total. The van der Waals surface area contributed by atoms with Crippen LogP contribution in [0, 0.1) is 6.92 Å². The average molecular weight is 484 g/mol. The number of thiazole rings is 1. The minimum atomic E-state index is -0.447. The molecule has 0 saturated carbocycles. The molecule has 1 N–H and O–H groups in total. The van der Waals surface area contributed by atoms with Crippen molar-refractivity contribution in [1.82, 2.24) is 14.9 Å². The van der Waals surface area contributed by atoms with Gasteiger partial charge < -0.3 is 8.98 Å². The summed E-state index contributed by atoms with van der Waals surface area (Å²) in [7, 11) is 0. The standard InChI is InChI=1S/C27H21N3O4S/c1-3-30-21-9-6-15(25(32)22-5-4-10-34-22)11-17(21)18-12-19(27(33)28-13-31)23-16(24(18)30)7-8-20-26(23)35-14(2)29-20/h4-6,9-13H,3,7-8H2,1-2H3,(H,28,31,33). The number of nitrogens with zero attached hydrogens (tertiary/aromatic N) is 2. The van der Waals surface area contributed by atoms with Gasteiger partial charge in [0.05, 0.1) is 27.4 Å². The quantitative estimate of drug-likeness (QED) is 0.279. The first kappa shape index (κ1) is 21.5. The number of hydrogen-bond donors (Lipinski definition) is 1. The molecular formula is C27H21N3O4S. The number of benzene rings is 2. The third kappa shape index (κ3) is 3.17. The minimum absolute atomic E-state index is 0.198. The van der Waals surface area contributed by atoms with Crippen molar-refractivity contribution in [2.45, 2.75) is 33.2 Å². The van der Waals surface area contributed by atoms with Crippen molar-refractivity contribution >= 4 is 51.2 Å². The van der Waals surface area contributed by atoms with Crippen LogP contribution in [0.4, 0.5) is 0 Å². The predicted molar refractivity (Wildman–Crippen MR) is 134 cm³/mol. The number of fused-ring (bicyclic) bond motifs is 7. The topological polar surface area (TPSA) is 94.2 Å². The van der Waals surface area contributed by atoms with Crippen molar-refractivity contribution in [1.29, 1.82) is 0 Å². The monoisotopic (exact) mass is 483 g/mol. The summed E-state index contributed by atoms with van der Waals surface area (Å²) in [6, 6.07) is 10.8. The summed E-state index contributed by atoms with van der Waals surface area (Å²) in [5.41, 5.74) is 5.92. The molecule has 3 heterocycles. The van der Waals surface area contributed by atoms with Gasteiger partial charge in [0.1, 0.15) is 0 Å². The molecule has 8 heteroatoms. The van der Waals surface area contributed by atoms with Crippen molar-refractivity contribution in [3.8, 4) is 10.4 Å². The number of ketones is 1. The molecule has 174 valence electrons. The third-order valence-corrected chi connectivity index (χ3v) is 7.68. The number of rotatable bonds is 5. The number of carbonyl (C=O) groups is 3. The van der Waals surface area contributed by atoms with Crippen LogP contribution < -0.4 is 5.32 Å². The molecule has 5 aromatic rings. The summed E-state index contributed by atoms with van der Waals surface area (Å²) in [6.45, 7) is 4.78. The minimum Gasteiger partial charge on any atom is -0.461 e. The number of aromatic nitrogens is 2. The van der Waals surface area contributed by atoms with Crippen LogP contribution in [-0.4, -0.2) is 27.7 Å². The first-order valence-corrected chi connectivity index (χ1v) is 12.2. The summed E-state index contributed by atoms with van der Waals surface area (Å²) in [5, 5.41) is 5.04. The average Bonchev–Trinajstić information content (AvgIpc) is 3.59. The molecule has 1 aliphatic rings. The first-order valence-electron chi connectivity index (χ1n) is 11.4. The van der Waals surface area contributed by atoms with Gasteiger partial charge in [-0.05, 0) is 68.7 Å². The van der Waals surface area contributed by atoms with Crippen LogP contribution in [0.2, 0.25) is 0 Å². The van der Waals surface area contributed by atoms with Gasteiger partial charge in [0.15, 0.2) is 5.76 Å². The van der Waals surface area contributed by atoms with E-state index in [4.69, 9.17) is 4.42 Å². The van der Waals surface area contributed by atoms with Crippen LogP contribution in [-0.2, 0) is 24.2 Å². The van der Waals surface area contributed by atoms with E-state index in [9.17, 15) is 14.4 Å². The summed E-state index contributed by atoms with van der Waals surface area (Å²) < 4.78 is 7.56. The molecule has 2 amide bonds. The lowest BCUT2D eigenvalue weighted by Crippen LogP contribution is -2.23. The molecule has 6 rings (SSSR count). The Morgan fingerprint density at radius 1 is 1.20 bits per heavy atom. The lowest BCUT2D eigenvalue weighted by molar-refractivity contribution is -0.108. The van der Waals surface area contributed by atoms with Gasteiger partial charge >= 0.3 is 0 Å². The SMILES string of the molecule is CCn1c2ccc(C(=O)c3ccco3)cc2c2cc(C(=O)NC=O)c3c(c21)CCc1nc(C)sc1-3. The Balaban J connectivity index is 1.70. The van der Waals surface area contributed by atoms with Crippen molar-refractivity contribution in [3.05, 3.63) is 75.8 Å². The highest BCUT2D eigenvalue weighted by Gasteiger charge is 2.30. The van der Waals surface area contributed by atoms with E-state index < -0.39 is 5.91 Å². The van der Waals surface area contributed by atoms with Gasteiger partial charge in [-0.15, -0.1) is 11.3 Å². The molecule has 0 spiro atoms. The molecule has 0 radical (unpaired) electrons. The van der Waals surface area contributed by atoms with E-state index in [0.29, 0.717) is 17.5 Å². The fourth-order valence-electron chi connectivity index (χ4n) is 5.26. The van der Waals surface area contributed by atoms with Crippen molar-refractivity contribution in [2.24, 2.45) is 0 Å². The fraction of sp³-hybridized carbons (Fsp3) is 0.185. The molecule has 3 aromatic heterocycles. The fourth-order valence-corrected chi connectivity index (χ4v) is 6.31. The molecule has 2 aromatic carbocycles. The second kappa shape index (κ2) is 8.02. The number of amides is 2. The molecular weight excluding hydrogens is 462 g/mol. The summed E-state index contributed by atoms with van der Waals surface area (Å²) >= 11 is 1.57. The Morgan fingerprint density at radius 3 is 2.80 bits per heavy atom. The van der Waals surface area contributed by atoms with E-state index >= 15 is 0 Å². The number of hydrogen-bond acceptors (Lipinski definition) is 6. The molecule has 0 unspecified atom stereocenters. The highest BCUT2D eigenvalue weighted by molar-refractivity contribution is 7.15. The van der Waals surface area contributed by atoms with E-state index in [1.807, 2.05) is 31.2 Å². The highest BCUT2D eigenvalue weighted by Crippen LogP contribution is 2.45. The first-order chi connectivity index (χ1) is 17.0. The Kier molecular flexibility index (Phi) is 4.93. The molecule has 35 heavy (non-hydrogen) atoms. The maximum Gasteiger partial charge on any atom is 0.258 e. The maximum atomic E-state index is 13.1. The molecule has 0 fully saturated rings. The van der Waals surface area contributed by atoms with Crippen LogP contribution >= 0.6 is 11.3 Å². The van der Waals surface area contributed by atoms with Crippen molar-refractivity contribution < 1.29 is 18.8 Å². The van der Waals surface area contributed by atoms with Gasteiger partial charge in [-0.25, -0.2) is 4.98 Å². The van der Waals surface area contributed by atoms with E-state index in [-0.39, 0.29) is 11.5 Å². The number of carbonyl (C=O) groups excluding carboxylic acids is 3. The van der Waals surface area contributed by atoms with E-state index in [1.54, 1.807) is 23.5 Å². The van der Waals surface area contributed by atoms with Gasteiger partial charge in [0.2, 0.25) is 12.2 Å². The van der Waals surface area contributed by atoms with Crippen LogP contribution in [0.3, 0.4) is 0 Å². The lowest BCUT2D eigenvalue weighted by Gasteiger charge is -2.21. The van der Waals surface area contributed by atoms with Crippen LogP contribution in [0.15, 0.2) is 47.1 Å². The Morgan fingerprint density at radius 2 is 2.06 bits per heavy atom. The Hall–Kier alpha value is -4.04. The van der Waals surface area contributed by atoms with Crippen LogP contribution in [0.25, 0.3) is 32.2 Å². The van der Waals surface area contributed by atoms with E-state index in [2.05, 4.69) is 21.8 Å². The van der Waals surface area contributed by atoms with Gasteiger partial charge in [0, 0.05) is 39.5 Å². The summed E-state index contributed by atoms with van der Waals surface area (Å²) in [4.78, 5) is 42.9. The van der Waals surface area contributed by atoms with Gasteiger partial charge in [-0.2, -0.15) is 0 Å². The number of aryl methyl sites for hydroxylation is 4. The van der Waals surface area contributed by atoms with Crippen LogP contribution in [0.1, 0.15) is 49.7 Å². The number of nitrogens with one attached hydrogen (secondary N) is 1. The Labute approximate surface area is 204 Å². The normalized spacial score (nSPS) is 12.5. The molecule has 0 saturated heterocycles. The second-order valence-corrected chi connectivity index (χ2v) is 9.76. The zero-order chi connectivity index (χ0) is 24.3. The summed E-state index contributed by atoms with van der Waals surface area (Å²) in [5.74, 6) is -0.367. The van der Waals surface area contributed by atoms with Gasteiger partial charge in [-0.3, -0.25) is 19.7 Å². The lowest BCUT2D eigenvalue weighted by atomic mass is 9.87. The second-order valence-electron chi connectivity index (χ2n) is 8.56. The zero-order valence-corrected chi connectivity index (χ0v) is 20.0. The van der Waals surface area contributed by atoms with Gasteiger partial charge in [0.25, 0.3) is 5.91 Å². The summed E-state index contributed by atoms with van der Waals surface area (Å²) in [6.07, 6.45) is 3.41. The number of imide groups is 1. The van der Waals surface area contributed by atoms with Crippen molar-refractivity contribution in [2.75, 3.05) is 0 Å². The molecule has 0 atom stereocenters. The van der Waals surface area contributed by atoms with Crippen molar-refractivity contribution in [3.63, 3.8) is 0 Å². The highest BCUT2D eigenvalue weighted by atomic mass is 32.1. The maximum absolute atomic E-state index is 13.1. The largest absolute Gasteiger partial charge is 0.461 e. The smallest absolute Gasteiger partial charge is 0.258 e. The Bertz CT molecular complexity index is 1670. The molecule has 0 aliphatic heterocycles. The number of furan rings is 1. The van der Waals surface area contributed by atoms with E-state index in [0.717, 1.165) is 67.9 Å². The molecule has 1 aliphatic carbocycles. The molecule has 0 bridgehead atoms. The van der Waals surface area contributed by atoms with Gasteiger partial charge in [-0.1, -0.05) is 0 Å². The van der Waals surface area contributed by atoms with E-state index in [1.165, 1.54) is 6.26 Å². The zero-order valence-electron chi connectivity index (χ0n) is 19.2.